The van der Waals surface area contributed by atoms with Crippen LogP contribution in [0.4, 0.5) is 11.4 Å². The summed E-state index contributed by atoms with van der Waals surface area (Å²) in [5, 5.41) is 6.57. The predicted molar refractivity (Wildman–Crippen MR) is 78.2 cm³/mol. The summed E-state index contributed by atoms with van der Waals surface area (Å²) in [5.41, 5.74) is 6.86. The number of anilines is 2. The summed E-state index contributed by atoms with van der Waals surface area (Å²) < 4.78 is 31.2. The third-order valence-electron chi connectivity index (χ3n) is 2.73. The van der Waals surface area contributed by atoms with Crippen molar-refractivity contribution >= 4 is 21.4 Å². The SMILES string of the molecule is CCNS(=O)(=O)c1ccc(N)c(NCCc2ncno2)c1. The zero-order chi connectivity index (χ0) is 15.3. The Labute approximate surface area is 122 Å². The molecule has 0 aliphatic carbocycles. The molecule has 0 amide bonds. The number of nitrogen functional groups attached to an aromatic ring is 1. The van der Waals surface area contributed by atoms with Gasteiger partial charge in [0, 0.05) is 19.5 Å². The number of nitrogens with one attached hydrogen (secondary N) is 2. The largest absolute Gasteiger partial charge is 0.397 e. The molecule has 9 heteroatoms. The van der Waals surface area contributed by atoms with Gasteiger partial charge in [-0.3, -0.25) is 0 Å². The van der Waals surface area contributed by atoms with E-state index >= 15 is 0 Å². The normalized spacial score (nSPS) is 11.5. The molecular formula is C12H17N5O3S. The van der Waals surface area contributed by atoms with Crippen molar-refractivity contribution in [2.75, 3.05) is 24.1 Å². The maximum absolute atomic E-state index is 11.9. The van der Waals surface area contributed by atoms with Gasteiger partial charge in [-0.25, -0.2) is 13.1 Å². The summed E-state index contributed by atoms with van der Waals surface area (Å²) in [6.07, 6.45) is 1.84. The van der Waals surface area contributed by atoms with Gasteiger partial charge in [0.2, 0.25) is 15.9 Å². The van der Waals surface area contributed by atoms with Gasteiger partial charge >= 0.3 is 0 Å². The quantitative estimate of drug-likeness (QED) is 0.640. The topological polar surface area (TPSA) is 123 Å². The number of aromatic nitrogens is 2. The van der Waals surface area contributed by atoms with E-state index < -0.39 is 10.0 Å². The van der Waals surface area contributed by atoms with Gasteiger partial charge in [0.1, 0.15) is 0 Å². The van der Waals surface area contributed by atoms with E-state index in [1.165, 1.54) is 18.5 Å². The molecule has 2 rings (SSSR count). The van der Waals surface area contributed by atoms with Crippen molar-refractivity contribution in [1.29, 1.82) is 0 Å². The molecule has 1 aromatic heterocycles. The number of hydrogen-bond donors (Lipinski definition) is 3. The Hall–Kier alpha value is -2.13. The third kappa shape index (κ3) is 3.92. The second-order valence-corrected chi connectivity index (χ2v) is 6.03. The Balaban J connectivity index is 2.08. The first-order chi connectivity index (χ1) is 10.0. The molecule has 0 radical (unpaired) electrons. The molecule has 1 heterocycles. The molecule has 0 unspecified atom stereocenters. The van der Waals surface area contributed by atoms with Gasteiger partial charge < -0.3 is 15.6 Å². The monoisotopic (exact) mass is 311 g/mol. The molecule has 0 aliphatic rings. The second-order valence-electron chi connectivity index (χ2n) is 4.26. The number of rotatable bonds is 7. The van der Waals surface area contributed by atoms with Crippen LogP contribution in [-0.4, -0.2) is 31.6 Å². The lowest BCUT2D eigenvalue weighted by molar-refractivity contribution is 0.380. The third-order valence-corrected chi connectivity index (χ3v) is 4.27. The maximum Gasteiger partial charge on any atom is 0.240 e. The smallest absolute Gasteiger partial charge is 0.240 e. The van der Waals surface area contributed by atoms with Gasteiger partial charge in [-0.1, -0.05) is 12.1 Å². The number of sulfonamides is 1. The van der Waals surface area contributed by atoms with E-state index in [4.69, 9.17) is 10.3 Å². The number of benzene rings is 1. The zero-order valence-electron chi connectivity index (χ0n) is 11.5. The minimum Gasteiger partial charge on any atom is -0.397 e. The average molecular weight is 311 g/mol. The highest BCUT2D eigenvalue weighted by Gasteiger charge is 2.14. The van der Waals surface area contributed by atoms with Crippen molar-refractivity contribution in [3.8, 4) is 0 Å². The van der Waals surface area contributed by atoms with E-state index in [2.05, 4.69) is 20.2 Å². The van der Waals surface area contributed by atoms with E-state index in [9.17, 15) is 8.42 Å². The average Bonchev–Trinajstić information content (AvgIpc) is 2.94. The standard InChI is InChI=1S/C12H17N5O3S/c1-2-17-21(18,19)9-3-4-10(13)11(7-9)14-6-5-12-15-8-16-20-12/h3-4,7-8,14,17H,2,5-6,13H2,1H3. The molecule has 2 aromatic rings. The molecule has 0 spiro atoms. The first-order valence-corrected chi connectivity index (χ1v) is 7.90. The van der Waals surface area contributed by atoms with Crippen LogP contribution in [0, 0.1) is 0 Å². The van der Waals surface area contributed by atoms with Crippen molar-refractivity contribution < 1.29 is 12.9 Å². The van der Waals surface area contributed by atoms with Gasteiger partial charge in [-0.05, 0) is 18.2 Å². The Bertz CT molecular complexity index is 685. The zero-order valence-corrected chi connectivity index (χ0v) is 12.4. The maximum atomic E-state index is 11.9. The lowest BCUT2D eigenvalue weighted by Gasteiger charge is -2.11. The van der Waals surface area contributed by atoms with Crippen molar-refractivity contribution in [2.24, 2.45) is 0 Å². The number of nitrogens with zero attached hydrogens (tertiary/aromatic N) is 2. The minimum absolute atomic E-state index is 0.166. The van der Waals surface area contributed by atoms with Crippen LogP contribution in [0.25, 0.3) is 0 Å². The molecule has 0 atom stereocenters. The fourth-order valence-corrected chi connectivity index (χ4v) is 2.81. The molecule has 8 nitrogen and oxygen atoms in total. The Kier molecular flexibility index (Phi) is 4.76. The van der Waals surface area contributed by atoms with Gasteiger partial charge in [-0.2, -0.15) is 4.98 Å². The highest BCUT2D eigenvalue weighted by molar-refractivity contribution is 7.89. The van der Waals surface area contributed by atoms with E-state index in [0.29, 0.717) is 36.8 Å². The Morgan fingerprint density at radius 3 is 2.86 bits per heavy atom. The van der Waals surface area contributed by atoms with Crippen molar-refractivity contribution in [2.45, 2.75) is 18.2 Å². The lowest BCUT2D eigenvalue weighted by atomic mass is 10.2. The molecular weight excluding hydrogens is 294 g/mol. The van der Waals surface area contributed by atoms with Gasteiger partial charge in [0.25, 0.3) is 0 Å². The first-order valence-electron chi connectivity index (χ1n) is 6.41. The Morgan fingerprint density at radius 1 is 1.38 bits per heavy atom. The summed E-state index contributed by atoms with van der Waals surface area (Å²) in [5.74, 6) is 0.498. The highest BCUT2D eigenvalue weighted by atomic mass is 32.2. The van der Waals surface area contributed by atoms with E-state index in [1.807, 2.05) is 0 Å². The first kappa shape index (κ1) is 15.3. The summed E-state index contributed by atoms with van der Waals surface area (Å²) in [6.45, 7) is 2.54. The summed E-state index contributed by atoms with van der Waals surface area (Å²) in [4.78, 5) is 4.06. The molecule has 1 aromatic carbocycles. The highest BCUT2D eigenvalue weighted by Crippen LogP contribution is 2.22. The summed E-state index contributed by atoms with van der Waals surface area (Å²) in [7, 11) is -3.50. The van der Waals surface area contributed by atoms with E-state index in [0.717, 1.165) is 0 Å². The van der Waals surface area contributed by atoms with Crippen LogP contribution in [0.2, 0.25) is 0 Å². The second kappa shape index (κ2) is 6.55. The molecule has 0 saturated carbocycles. The van der Waals surface area contributed by atoms with E-state index in [-0.39, 0.29) is 4.90 Å². The fraction of sp³-hybridized carbons (Fsp3) is 0.333. The Morgan fingerprint density at radius 2 is 2.19 bits per heavy atom. The van der Waals surface area contributed by atoms with Crippen LogP contribution >= 0.6 is 0 Å². The van der Waals surface area contributed by atoms with Crippen LogP contribution in [-0.2, 0) is 16.4 Å². The number of hydrogen-bond acceptors (Lipinski definition) is 7. The van der Waals surface area contributed by atoms with E-state index in [1.54, 1.807) is 13.0 Å². The van der Waals surface area contributed by atoms with Crippen LogP contribution in [0.3, 0.4) is 0 Å². The summed E-state index contributed by atoms with van der Waals surface area (Å²) >= 11 is 0. The summed E-state index contributed by atoms with van der Waals surface area (Å²) in [6, 6.07) is 4.52. The molecule has 0 fully saturated rings. The van der Waals surface area contributed by atoms with Gasteiger partial charge in [0.15, 0.2) is 6.33 Å². The van der Waals surface area contributed by atoms with Crippen molar-refractivity contribution in [1.82, 2.24) is 14.9 Å². The van der Waals surface area contributed by atoms with Crippen molar-refractivity contribution in [3.05, 3.63) is 30.4 Å². The number of nitrogens with two attached hydrogens (primary N) is 1. The van der Waals surface area contributed by atoms with Crippen molar-refractivity contribution in [3.63, 3.8) is 0 Å². The van der Waals surface area contributed by atoms with Crippen LogP contribution in [0.15, 0.2) is 33.9 Å². The fourth-order valence-electron chi connectivity index (χ4n) is 1.74. The van der Waals surface area contributed by atoms with Crippen LogP contribution in [0.5, 0.6) is 0 Å². The van der Waals surface area contributed by atoms with Gasteiger partial charge in [-0.15, -0.1) is 0 Å². The molecule has 114 valence electrons. The molecule has 21 heavy (non-hydrogen) atoms. The van der Waals surface area contributed by atoms with Crippen LogP contribution < -0.4 is 15.8 Å². The van der Waals surface area contributed by atoms with Crippen LogP contribution in [0.1, 0.15) is 12.8 Å². The van der Waals surface area contributed by atoms with Gasteiger partial charge in [0.05, 0.1) is 16.3 Å². The minimum atomic E-state index is -3.50. The lowest BCUT2D eigenvalue weighted by Crippen LogP contribution is -2.23. The molecule has 4 N–H and O–H groups in total. The molecule has 0 aliphatic heterocycles. The molecule has 0 bridgehead atoms. The molecule has 0 saturated heterocycles. The predicted octanol–water partition coefficient (Wildman–Crippen LogP) is 0.605.